The fraction of sp³-hybridized carbons (Fsp3) is 0.471. The number of carbonyl (C=O) groups excluding carboxylic acids is 4. The Bertz CT molecular complexity index is 1720. The van der Waals surface area contributed by atoms with Gasteiger partial charge in [0.05, 0.1) is 17.0 Å². The maximum Gasteiger partial charge on any atom is 0.290 e. The Morgan fingerprint density at radius 2 is 1.55 bits per heavy atom. The van der Waals surface area contributed by atoms with Crippen molar-refractivity contribution >= 4 is 39.3 Å². The molecule has 3 atom stereocenters. The summed E-state index contributed by atoms with van der Waals surface area (Å²) in [5.41, 5.74) is 3.40. The summed E-state index contributed by atoms with van der Waals surface area (Å²) in [5, 5.41) is 17.6. The molecule has 0 unspecified atom stereocenters. The van der Waals surface area contributed by atoms with Gasteiger partial charge in [-0.15, -0.1) is 0 Å². The zero-order valence-electron chi connectivity index (χ0n) is 29.7. The molecular formula is C34H48N6O8S. The van der Waals surface area contributed by atoms with E-state index in [2.05, 4.69) is 10.6 Å². The molecule has 0 saturated heterocycles. The minimum atomic E-state index is -4.77. The van der Waals surface area contributed by atoms with Gasteiger partial charge in [0.15, 0.2) is 4.90 Å². The van der Waals surface area contributed by atoms with E-state index in [9.17, 15) is 37.7 Å². The highest BCUT2D eigenvalue weighted by atomic mass is 32.2. The molecule has 0 aliphatic carbocycles. The predicted molar refractivity (Wildman–Crippen MR) is 186 cm³/mol. The second-order valence-electron chi connectivity index (χ2n) is 13.9. The van der Waals surface area contributed by atoms with Gasteiger partial charge in [0, 0.05) is 29.7 Å². The van der Waals surface area contributed by atoms with Crippen LogP contribution in [0.1, 0.15) is 71.3 Å². The lowest BCUT2D eigenvalue weighted by Gasteiger charge is -2.40. The highest BCUT2D eigenvalue weighted by Crippen LogP contribution is 2.29. The number of nitro benzene ring substituents is 1. The average Bonchev–Trinajstić information content (AvgIpc) is 3.00. The van der Waals surface area contributed by atoms with E-state index in [0.29, 0.717) is 6.07 Å². The van der Waals surface area contributed by atoms with Crippen LogP contribution in [0, 0.1) is 21.4 Å². The van der Waals surface area contributed by atoms with Crippen LogP contribution in [0.15, 0.2) is 65.1 Å². The number of nitrogens with two attached hydrogens (primary N) is 1. The van der Waals surface area contributed by atoms with E-state index >= 15 is 0 Å². The van der Waals surface area contributed by atoms with Gasteiger partial charge in [0.1, 0.15) is 6.04 Å². The normalized spacial score (nSPS) is 14.4. The molecule has 14 nitrogen and oxygen atoms in total. The SMILES string of the molecule is CN[C@H](C(=O)N[C@H](C(=O)N(C)[C@H](/C=C(\C)C(=O)NS(=O)(=O)c1ccc(C(N)=O)cc1[N+](=O)[O-])C(C)C)C(C)(C)C)C(C)(C)c1ccccc1. The van der Waals surface area contributed by atoms with Gasteiger partial charge in [-0.1, -0.05) is 84.9 Å². The molecule has 0 heterocycles. The van der Waals surface area contributed by atoms with Gasteiger partial charge in [0.2, 0.25) is 17.7 Å². The van der Waals surface area contributed by atoms with Crippen LogP contribution in [0.4, 0.5) is 5.69 Å². The fourth-order valence-electron chi connectivity index (χ4n) is 5.46. The Labute approximate surface area is 288 Å². The molecule has 4 amide bonds. The number of benzene rings is 2. The van der Waals surface area contributed by atoms with Gasteiger partial charge >= 0.3 is 0 Å². The number of nitrogens with one attached hydrogen (secondary N) is 3. The molecule has 0 aliphatic heterocycles. The largest absolute Gasteiger partial charge is 0.366 e. The van der Waals surface area contributed by atoms with Crippen LogP contribution >= 0.6 is 0 Å². The van der Waals surface area contributed by atoms with Gasteiger partial charge < -0.3 is 21.3 Å². The van der Waals surface area contributed by atoms with Crippen molar-refractivity contribution < 1.29 is 32.5 Å². The third-order valence-electron chi connectivity index (χ3n) is 8.40. The molecule has 0 bridgehead atoms. The van der Waals surface area contributed by atoms with Crippen molar-refractivity contribution in [3.63, 3.8) is 0 Å². The van der Waals surface area contributed by atoms with E-state index in [4.69, 9.17) is 5.73 Å². The van der Waals surface area contributed by atoms with Crippen LogP contribution in [-0.2, 0) is 29.8 Å². The number of nitro groups is 1. The van der Waals surface area contributed by atoms with Crippen molar-refractivity contribution in [2.24, 2.45) is 17.1 Å². The molecule has 49 heavy (non-hydrogen) atoms. The topological polar surface area (TPSA) is 211 Å². The molecule has 0 radical (unpaired) electrons. The number of likely N-dealkylation sites (N-methyl/N-ethyl adjacent to an activating group) is 2. The summed E-state index contributed by atoms with van der Waals surface area (Å²) in [7, 11) is -1.56. The van der Waals surface area contributed by atoms with Gasteiger partial charge in [-0.05, 0) is 43.0 Å². The first-order chi connectivity index (χ1) is 22.5. The molecule has 2 rings (SSSR count). The first-order valence-corrected chi connectivity index (χ1v) is 17.1. The van der Waals surface area contributed by atoms with Crippen LogP contribution < -0.4 is 21.1 Å². The lowest BCUT2D eigenvalue weighted by Crippen LogP contribution is -2.61. The van der Waals surface area contributed by atoms with E-state index in [1.807, 2.05) is 69.7 Å². The molecule has 2 aromatic rings. The summed E-state index contributed by atoms with van der Waals surface area (Å²) in [4.78, 5) is 63.6. The Balaban J connectivity index is 2.39. The van der Waals surface area contributed by atoms with Crippen molar-refractivity contribution in [3.05, 3.63) is 81.4 Å². The van der Waals surface area contributed by atoms with Crippen molar-refractivity contribution in [2.45, 2.75) is 83.8 Å². The van der Waals surface area contributed by atoms with Crippen LogP contribution in [-0.4, -0.2) is 74.1 Å². The molecule has 0 saturated carbocycles. The molecule has 15 heteroatoms. The maximum absolute atomic E-state index is 14.1. The van der Waals surface area contributed by atoms with Crippen LogP contribution in [0.5, 0.6) is 0 Å². The van der Waals surface area contributed by atoms with Crippen molar-refractivity contribution in [3.8, 4) is 0 Å². The summed E-state index contributed by atoms with van der Waals surface area (Å²) in [6.07, 6.45) is 1.43. The first-order valence-electron chi connectivity index (χ1n) is 15.6. The monoisotopic (exact) mass is 700 g/mol. The van der Waals surface area contributed by atoms with E-state index in [-0.39, 0.29) is 23.0 Å². The Morgan fingerprint density at radius 3 is 2.02 bits per heavy atom. The molecule has 0 aromatic heterocycles. The molecule has 0 aliphatic rings. The fourth-order valence-corrected chi connectivity index (χ4v) is 6.63. The lowest BCUT2D eigenvalue weighted by molar-refractivity contribution is -0.387. The van der Waals surface area contributed by atoms with E-state index in [1.54, 1.807) is 20.9 Å². The van der Waals surface area contributed by atoms with Crippen molar-refractivity contribution in [1.29, 1.82) is 0 Å². The number of hydrogen-bond acceptors (Lipinski definition) is 9. The molecule has 0 spiro atoms. The minimum Gasteiger partial charge on any atom is -0.366 e. The van der Waals surface area contributed by atoms with Gasteiger partial charge in [0.25, 0.3) is 21.6 Å². The van der Waals surface area contributed by atoms with E-state index < -0.39 is 72.2 Å². The predicted octanol–water partition coefficient (Wildman–Crippen LogP) is 3.02. The van der Waals surface area contributed by atoms with Gasteiger partial charge in [-0.3, -0.25) is 29.3 Å². The van der Waals surface area contributed by atoms with Crippen LogP contribution in [0.2, 0.25) is 0 Å². The standard InChI is InChI=1S/C34H48N6O8S/c1-20(2)24(18-21(3)30(42)38-49(47,48)26-17-16-22(29(35)41)19-25(26)40(45)46)39(10)32(44)28(33(4,5)6)37-31(43)27(36-9)34(7,8)23-14-12-11-13-15-23/h11-20,24,27-28,36H,1-10H3,(H2,35,41)(H,37,43)(H,38,42)/b21-18+/t24-,27-,28-/m1/s1. The van der Waals surface area contributed by atoms with Crippen molar-refractivity contribution in [2.75, 3.05) is 14.1 Å². The third-order valence-corrected chi connectivity index (χ3v) is 9.78. The second-order valence-corrected chi connectivity index (χ2v) is 15.5. The number of primary amides is 1. The van der Waals surface area contributed by atoms with E-state index in [1.165, 1.54) is 24.9 Å². The Morgan fingerprint density at radius 1 is 0.980 bits per heavy atom. The number of rotatable bonds is 14. The highest BCUT2D eigenvalue weighted by molar-refractivity contribution is 7.90. The summed E-state index contributed by atoms with van der Waals surface area (Å²) >= 11 is 0. The van der Waals surface area contributed by atoms with Crippen molar-refractivity contribution in [1.82, 2.24) is 20.3 Å². The van der Waals surface area contributed by atoms with Gasteiger partial charge in [-0.25, -0.2) is 13.1 Å². The number of amides is 4. The molecule has 2 aromatic carbocycles. The van der Waals surface area contributed by atoms with Crippen LogP contribution in [0.3, 0.4) is 0 Å². The summed E-state index contributed by atoms with van der Waals surface area (Å²) in [6.45, 7) is 14.3. The minimum absolute atomic E-state index is 0.0884. The zero-order chi connectivity index (χ0) is 37.6. The quantitative estimate of drug-likeness (QED) is 0.129. The van der Waals surface area contributed by atoms with Gasteiger partial charge in [-0.2, -0.15) is 0 Å². The Kier molecular flexibility index (Phi) is 13.0. The number of carbonyl (C=O) groups is 4. The number of sulfonamides is 1. The summed E-state index contributed by atoms with van der Waals surface area (Å²) in [5.74, 6) is -3.17. The smallest absolute Gasteiger partial charge is 0.290 e. The molecular weight excluding hydrogens is 652 g/mol. The second kappa shape index (κ2) is 15.7. The molecule has 268 valence electrons. The first kappa shape index (κ1) is 40.5. The summed E-state index contributed by atoms with van der Waals surface area (Å²) in [6, 6.07) is 9.65. The Hall–Kier alpha value is -4.63. The maximum atomic E-state index is 14.1. The average molecular weight is 701 g/mol. The third kappa shape index (κ3) is 9.72. The number of hydrogen-bond donors (Lipinski definition) is 4. The lowest BCUT2D eigenvalue weighted by atomic mass is 9.76. The zero-order valence-corrected chi connectivity index (χ0v) is 30.5. The summed E-state index contributed by atoms with van der Waals surface area (Å²) < 4.78 is 28.0. The molecule has 0 fully saturated rings. The van der Waals surface area contributed by atoms with E-state index in [0.717, 1.165) is 17.7 Å². The van der Waals surface area contributed by atoms with Crippen LogP contribution in [0.25, 0.3) is 0 Å². The number of nitrogens with zero attached hydrogens (tertiary/aromatic N) is 2. The highest BCUT2D eigenvalue weighted by Gasteiger charge is 2.41. The molecule has 5 N–H and O–H groups in total.